The highest BCUT2D eigenvalue weighted by Gasteiger charge is 2.13. The number of hydrogen-bond acceptors (Lipinski definition) is 3. The number of hydrogen-bond donors (Lipinski definition) is 2. The molecule has 29 heavy (non-hydrogen) atoms. The van der Waals surface area contributed by atoms with E-state index in [9.17, 15) is 9.90 Å². The van der Waals surface area contributed by atoms with Gasteiger partial charge in [-0.2, -0.15) is 0 Å². The zero-order valence-electron chi connectivity index (χ0n) is 19.6. The highest BCUT2D eigenvalue weighted by molar-refractivity contribution is 5.67. The summed E-state index contributed by atoms with van der Waals surface area (Å²) in [6, 6.07) is -0.206. The van der Waals surface area contributed by atoms with Crippen molar-refractivity contribution in [3.63, 3.8) is 0 Å². The second-order valence-corrected chi connectivity index (χ2v) is 8.73. The third-order valence-corrected chi connectivity index (χ3v) is 5.19. The van der Waals surface area contributed by atoms with E-state index in [1.165, 1.54) is 77.0 Å². The lowest BCUT2D eigenvalue weighted by Crippen LogP contribution is -2.38. The fraction of sp³-hybridized carbons (Fsp3) is 0.880. The second-order valence-electron chi connectivity index (χ2n) is 8.73. The third-order valence-electron chi connectivity index (χ3n) is 5.19. The maximum absolute atomic E-state index is 11.7. The van der Waals surface area contributed by atoms with Crippen LogP contribution in [0.15, 0.2) is 12.2 Å². The molecule has 0 fully saturated rings. The normalized spacial score (nSPS) is 12.6. The van der Waals surface area contributed by atoms with E-state index in [1.54, 1.807) is 0 Å². The second kappa shape index (κ2) is 21.7. The molecule has 0 spiro atoms. The molecular weight excluding hydrogens is 362 g/mol. The molecule has 0 rings (SSSR count). The van der Waals surface area contributed by atoms with Gasteiger partial charge in [0.1, 0.15) is 0 Å². The topological polar surface area (TPSA) is 58.6 Å². The average molecular weight is 412 g/mol. The molecule has 0 saturated carbocycles. The molecule has 1 amide bonds. The van der Waals surface area contributed by atoms with Crippen molar-refractivity contribution in [2.45, 2.75) is 123 Å². The molecule has 0 aromatic rings. The lowest BCUT2D eigenvalue weighted by Gasteiger charge is -2.17. The number of carbonyl (C=O) groups excluding carboxylic acids is 1. The van der Waals surface area contributed by atoms with Crippen molar-refractivity contribution in [2.75, 3.05) is 13.2 Å². The van der Waals surface area contributed by atoms with E-state index in [0.29, 0.717) is 12.5 Å². The molecule has 1 atom stereocenters. The van der Waals surface area contributed by atoms with Gasteiger partial charge < -0.3 is 15.2 Å². The summed E-state index contributed by atoms with van der Waals surface area (Å²) >= 11 is 0. The number of unbranched alkanes of at least 4 members (excludes halogenated alkanes) is 12. The molecule has 4 heteroatoms. The van der Waals surface area contributed by atoms with Gasteiger partial charge in [0.15, 0.2) is 0 Å². The van der Waals surface area contributed by atoms with Crippen molar-refractivity contribution in [1.82, 2.24) is 5.32 Å². The predicted octanol–water partition coefficient (Wildman–Crippen LogP) is 7.16. The summed E-state index contributed by atoms with van der Waals surface area (Å²) < 4.78 is 5.20. The number of ether oxygens (including phenoxy) is 1. The van der Waals surface area contributed by atoms with E-state index < -0.39 is 6.09 Å². The quantitative estimate of drug-likeness (QED) is 0.165. The molecule has 0 aliphatic heterocycles. The number of rotatable bonds is 20. The standard InChI is InChI=1S/C25H49NO3/c1-4-5-6-7-8-9-10-11-12-13-14-15-16-17-18-19-20-29-25(28)26-24(22-27)21-23(2)3/h11-12,23-24,27H,4-10,13-22H2,1-3H3,(H,26,28)/t24-/m0/s1. The first kappa shape index (κ1) is 28.0. The summed E-state index contributed by atoms with van der Waals surface area (Å²) in [6.07, 6.45) is 22.9. The van der Waals surface area contributed by atoms with Crippen LogP contribution >= 0.6 is 0 Å². The van der Waals surface area contributed by atoms with E-state index in [4.69, 9.17) is 4.74 Å². The molecule has 4 nitrogen and oxygen atoms in total. The Morgan fingerprint density at radius 3 is 1.90 bits per heavy atom. The smallest absolute Gasteiger partial charge is 0.407 e. The van der Waals surface area contributed by atoms with Crippen molar-refractivity contribution >= 4 is 6.09 Å². The molecule has 172 valence electrons. The SMILES string of the molecule is CCCCCCCCC=CCCCCCCCCOC(=O)N[C@H](CO)CC(C)C. The first-order valence-electron chi connectivity index (χ1n) is 12.3. The zero-order valence-corrected chi connectivity index (χ0v) is 19.6. The number of aliphatic hydroxyl groups is 1. The van der Waals surface area contributed by atoms with Gasteiger partial charge >= 0.3 is 6.09 Å². The van der Waals surface area contributed by atoms with Crippen LogP contribution in [0.1, 0.15) is 117 Å². The monoisotopic (exact) mass is 411 g/mol. The highest BCUT2D eigenvalue weighted by atomic mass is 16.5. The van der Waals surface area contributed by atoms with E-state index >= 15 is 0 Å². The van der Waals surface area contributed by atoms with Crippen molar-refractivity contribution < 1.29 is 14.6 Å². The van der Waals surface area contributed by atoms with Gasteiger partial charge in [0, 0.05) is 0 Å². The van der Waals surface area contributed by atoms with Gasteiger partial charge in [-0.15, -0.1) is 0 Å². The van der Waals surface area contributed by atoms with Gasteiger partial charge in [-0.05, 0) is 44.4 Å². The van der Waals surface area contributed by atoms with Gasteiger partial charge in [0.25, 0.3) is 0 Å². The van der Waals surface area contributed by atoms with Crippen LogP contribution in [0.5, 0.6) is 0 Å². The van der Waals surface area contributed by atoms with Crippen LogP contribution in [-0.2, 0) is 4.74 Å². The Balaban J connectivity index is 3.34. The fourth-order valence-electron chi connectivity index (χ4n) is 3.47. The number of amides is 1. The summed E-state index contributed by atoms with van der Waals surface area (Å²) in [7, 11) is 0. The van der Waals surface area contributed by atoms with Crippen LogP contribution < -0.4 is 5.32 Å². The summed E-state index contributed by atoms with van der Waals surface area (Å²) in [5.74, 6) is 0.434. The number of aliphatic hydroxyl groups excluding tert-OH is 1. The molecule has 0 bridgehead atoms. The number of nitrogens with one attached hydrogen (secondary N) is 1. The summed E-state index contributed by atoms with van der Waals surface area (Å²) in [6.45, 7) is 6.83. The minimum atomic E-state index is -0.405. The van der Waals surface area contributed by atoms with Crippen LogP contribution in [0, 0.1) is 5.92 Å². The number of carbonyl (C=O) groups is 1. The van der Waals surface area contributed by atoms with Gasteiger partial charge in [0.2, 0.25) is 0 Å². The van der Waals surface area contributed by atoms with E-state index in [1.807, 2.05) is 0 Å². The minimum absolute atomic E-state index is 0.0402. The zero-order chi connectivity index (χ0) is 21.6. The third kappa shape index (κ3) is 21.5. The van der Waals surface area contributed by atoms with Crippen molar-refractivity contribution in [1.29, 1.82) is 0 Å². The van der Waals surface area contributed by atoms with Crippen molar-refractivity contribution in [2.24, 2.45) is 5.92 Å². The summed E-state index contributed by atoms with van der Waals surface area (Å²) in [5.41, 5.74) is 0. The Bertz CT molecular complexity index is 382. The Morgan fingerprint density at radius 2 is 1.38 bits per heavy atom. The van der Waals surface area contributed by atoms with Crippen LogP contribution in [0.2, 0.25) is 0 Å². The Kier molecular flexibility index (Phi) is 20.9. The number of allylic oxidation sites excluding steroid dienone is 2. The average Bonchev–Trinajstić information content (AvgIpc) is 2.69. The van der Waals surface area contributed by atoms with Crippen LogP contribution in [0.3, 0.4) is 0 Å². The Hall–Kier alpha value is -1.03. The molecule has 0 heterocycles. The highest BCUT2D eigenvalue weighted by Crippen LogP contribution is 2.10. The largest absolute Gasteiger partial charge is 0.450 e. The molecular formula is C25H49NO3. The molecule has 0 aliphatic carbocycles. The van der Waals surface area contributed by atoms with Crippen molar-refractivity contribution in [3.05, 3.63) is 12.2 Å². The molecule has 0 aromatic heterocycles. The Morgan fingerprint density at radius 1 is 0.862 bits per heavy atom. The first-order chi connectivity index (χ1) is 14.1. The van der Waals surface area contributed by atoms with Crippen LogP contribution in [0.25, 0.3) is 0 Å². The maximum atomic E-state index is 11.7. The molecule has 2 N–H and O–H groups in total. The lowest BCUT2D eigenvalue weighted by atomic mass is 10.0. The van der Waals surface area contributed by atoms with Crippen LogP contribution in [-0.4, -0.2) is 30.5 Å². The summed E-state index contributed by atoms with van der Waals surface area (Å²) in [4.78, 5) is 11.7. The lowest BCUT2D eigenvalue weighted by molar-refractivity contribution is 0.130. The molecule has 0 unspecified atom stereocenters. The van der Waals surface area contributed by atoms with Crippen LogP contribution in [0.4, 0.5) is 4.79 Å². The summed E-state index contributed by atoms with van der Waals surface area (Å²) in [5, 5.41) is 12.0. The predicted molar refractivity (Wildman–Crippen MR) is 124 cm³/mol. The van der Waals surface area contributed by atoms with Gasteiger partial charge in [-0.3, -0.25) is 0 Å². The molecule has 0 aromatic carbocycles. The van der Waals surface area contributed by atoms with Gasteiger partial charge in [0.05, 0.1) is 19.3 Å². The molecule has 0 radical (unpaired) electrons. The molecule has 0 saturated heterocycles. The Labute approximate surface area is 180 Å². The van der Waals surface area contributed by atoms with E-state index in [-0.39, 0.29) is 12.6 Å². The first-order valence-corrected chi connectivity index (χ1v) is 12.3. The number of alkyl carbamates (subject to hydrolysis) is 1. The maximum Gasteiger partial charge on any atom is 0.407 e. The fourth-order valence-corrected chi connectivity index (χ4v) is 3.47. The molecule has 0 aliphatic rings. The van der Waals surface area contributed by atoms with Crippen molar-refractivity contribution in [3.8, 4) is 0 Å². The van der Waals surface area contributed by atoms with Gasteiger partial charge in [-0.25, -0.2) is 4.79 Å². The minimum Gasteiger partial charge on any atom is -0.450 e. The van der Waals surface area contributed by atoms with E-state index in [2.05, 4.69) is 38.2 Å². The van der Waals surface area contributed by atoms with Gasteiger partial charge in [-0.1, -0.05) is 90.7 Å². The van der Waals surface area contributed by atoms with E-state index in [0.717, 1.165) is 19.3 Å².